The number of carbonyl (C=O) groups excluding carboxylic acids is 1. The molecule has 2 aliphatic rings. The maximum absolute atomic E-state index is 14.7. The number of oxazole rings is 1. The first-order chi connectivity index (χ1) is 17.2. The molecule has 1 N–H and O–H groups in total. The SMILES string of the molecule is CCN(C)Cc1oc(N2CC(CC)(OC)C2)nc1C(=O)Nc1cc(F)c(OC2CCC(C)C2)c(F)c1. The van der Waals surface area contributed by atoms with Gasteiger partial charge < -0.3 is 24.1 Å². The Balaban J connectivity index is 1.51. The number of aromatic nitrogens is 1. The Hall–Kier alpha value is -2.72. The summed E-state index contributed by atoms with van der Waals surface area (Å²) in [6, 6.07) is 2.46. The second kappa shape index (κ2) is 10.7. The first kappa shape index (κ1) is 26.3. The minimum Gasteiger partial charge on any atom is -0.484 e. The van der Waals surface area contributed by atoms with Crippen molar-refractivity contribution in [1.29, 1.82) is 0 Å². The first-order valence-electron chi connectivity index (χ1n) is 12.6. The number of rotatable bonds is 10. The summed E-state index contributed by atoms with van der Waals surface area (Å²) in [5.74, 6) is -1.86. The highest BCUT2D eigenvalue weighted by molar-refractivity contribution is 6.03. The van der Waals surface area contributed by atoms with Crippen LogP contribution in [0.5, 0.6) is 5.75 Å². The Kier molecular flexibility index (Phi) is 7.85. The molecule has 1 aliphatic carbocycles. The van der Waals surface area contributed by atoms with E-state index in [1.807, 2.05) is 23.8 Å². The number of hydrogen-bond donors (Lipinski definition) is 1. The molecule has 1 amide bonds. The zero-order valence-corrected chi connectivity index (χ0v) is 21.7. The normalized spacial score (nSPS) is 21.1. The summed E-state index contributed by atoms with van der Waals surface area (Å²) in [5.41, 5.74) is -0.195. The number of amides is 1. The lowest BCUT2D eigenvalue weighted by Gasteiger charge is -2.47. The molecule has 8 nitrogen and oxygen atoms in total. The van der Waals surface area contributed by atoms with Gasteiger partial charge in [0.1, 0.15) is 5.60 Å². The predicted octanol–water partition coefficient (Wildman–Crippen LogP) is 4.84. The van der Waals surface area contributed by atoms with Gasteiger partial charge in [-0.1, -0.05) is 20.8 Å². The third-order valence-corrected chi connectivity index (χ3v) is 7.35. The van der Waals surface area contributed by atoms with Crippen molar-refractivity contribution in [2.24, 2.45) is 5.92 Å². The van der Waals surface area contributed by atoms with Gasteiger partial charge in [-0.3, -0.25) is 9.69 Å². The van der Waals surface area contributed by atoms with E-state index >= 15 is 0 Å². The highest BCUT2D eigenvalue weighted by Gasteiger charge is 2.44. The van der Waals surface area contributed by atoms with Gasteiger partial charge in [-0.2, -0.15) is 4.98 Å². The van der Waals surface area contributed by atoms with Crippen LogP contribution >= 0.6 is 0 Å². The van der Waals surface area contributed by atoms with Crippen LogP contribution in [-0.2, 0) is 11.3 Å². The summed E-state index contributed by atoms with van der Waals surface area (Å²) in [6.07, 6.45) is 3.14. The van der Waals surface area contributed by atoms with E-state index in [-0.39, 0.29) is 23.1 Å². The van der Waals surface area contributed by atoms with Crippen molar-refractivity contribution >= 4 is 17.6 Å². The van der Waals surface area contributed by atoms with Crippen LogP contribution in [0.15, 0.2) is 16.5 Å². The molecule has 2 fully saturated rings. The fourth-order valence-electron chi connectivity index (χ4n) is 4.76. The minimum absolute atomic E-state index is 0.0187. The van der Waals surface area contributed by atoms with Crippen molar-refractivity contribution < 1.29 is 27.5 Å². The van der Waals surface area contributed by atoms with E-state index in [0.717, 1.165) is 44.4 Å². The zero-order chi connectivity index (χ0) is 26.0. The highest BCUT2D eigenvalue weighted by Crippen LogP contribution is 2.35. The molecular formula is C26H36F2N4O4. The van der Waals surface area contributed by atoms with Gasteiger partial charge in [0.15, 0.2) is 28.8 Å². The molecule has 0 radical (unpaired) electrons. The lowest BCUT2D eigenvalue weighted by molar-refractivity contribution is -0.0379. The summed E-state index contributed by atoms with van der Waals surface area (Å²) < 4.78 is 46.7. The van der Waals surface area contributed by atoms with E-state index in [4.69, 9.17) is 13.9 Å². The third-order valence-electron chi connectivity index (χ3n) is 7.35. The van der Waals surface area contributed by atoms with Gasteiger partial charge in [0.05, 0.1) is 25.7 Å². The molecule has 1 aliphatic heterocycles. The second-order valence-electron chi connectivity index (χ2n) is 10.1. The van der Waals surface area contributed by atoms with Crippen LogP contribution in [0, 0.1) is 17.6 Å². The lowest BCUT2D eigenvalue weighted by atomic mass is 9.91. The maximum atomic E-state index is 14.7. The molecule has 2 unspecified atom stereocenters. The van der Waals surface area contributed by atoms with Crippen LogP contribution in [0.2, 0.25) is 0 Å². The molecule has 0 bridgehead atoms. The molecule has 198 valence electrons. The van der Waals surface area contributed by atoms with Gasteiger partial charge in [-0.05, 0) is 45.2 Å². The van der Waals surface area contributed by atoms with Crippen LogP contribution in [0.4, 0.5) is 20.5 Å². The summed E-state index contributed by atoms with van der Waals surface area (Å²) in [6.45, 7) is 8.43. The summed E-state index contributed by atoms with van der Waals surface area (Å²) in [5, 5.41) is 2.57. The van der Waals surface area contributed by atoms with Crippen molar-refractivity contribution in [3.05, 3.63) is 35.2 Å². The Morgan fingerprint density at radius 2 is 1.97 bits per heavy atom. The number of methoxy groups -OCH3 is 1. The molecule has 10 heteroatoms. The van der Waals surface area contributed by atoms with E-state index in [9.17, 15) is 13.6 Å². The Morgan fingerprint density at radius 3 is 2.53 bits per heavy atom. The number of hydrogen-bond acceptors (Lipinski definition) is 7. The van der Waals surface area contributed by atoms with E-state index in [1.54, 1.807) is 7.11 Å². The molecule has 2 aromatic rings. The van der Waals surface area contributed by atoms with Crippen molar-refractivity contribution in [2.75, 3.05) is 44.0 Å². The molecule has 1 saturated carbocycles. The second-order valence-corrected chi connectivity index (χ2v) is 10.1. The fraction of sp³-hybridized carbons (Fsp3) is 0.615. The molecule has 2 atom stereocenters. The van der Waals surface area contributed by atoms with Gasteiger partial charge in [0.2, 0.25) is 0 Å². The van der Waals surface area contributed by atoms with Gasteiger partial charge in [0, 0.05) is 24.9 Å². The summed E-state index contributed by atoms with van der Waals surface area (Å²) in [7, 11) is 3.58. The maximum Gasteiger partial charge on any atom is 0.298 e. The first-order valence-corrected chi connectivity index (χ1v) is 12.6. The number of benzene rings is 1. The van der Waals surface area contributed by atoms with E-state index in [0.29, 0.717) is 37.3 Å². The van der Waals surface area contributed by atoms with Crippen LogP contribution in [-0.4, -0.2) is 61.3 Å². The molecular weight excluding hydrogens is 470 g/mol. The molecule has 36 heavy (non-hydrogen) atoms. The summed E-state index contributed by atoms with van der Waals surface area (Å²) >= 11 is 0. The average molecular weight is 507 g/mol. The number of carbonyl (C=O) groups is 1. The van der Waals surface area contributed by atoms with Crippen LogP contribution in [0.25, 0.3) is 0 Å². The van der Waals surface area contributed by atoms with Crippen molar-refractivity contribution in [2.45, 2.75) is 64.7 Å². The number of nitrogens with zero attached hydrogens (tertiary/aromatic N) is 3. The van der Waals surface area contributed by atoms with Crippen LogP contribution in [0.3, 0.4) is 0 Å². The molecule has 1 aromatic carbocycles. The van der Waals surface area contributed by atoms with E-state index < -0.39 is 23.3 Å². The summed E-state index contributed by atoms with van der Waals surface area (Å²) in [4.78, 5) is 21.5. The smallest absolute Gasteiger partial charge is 0.298 e. The molecule has 1 aromatic heterocycles. The van der Waals surface area contributed by atoms with E-state index in [2.05, 4.69) is 24.1 Å². The standard InChI is InChI=1S/C26H36F2N4O4/c1-6-26(34-5)14-32(15-26)25-30-22(21(36-25)13-31(4)7-2)24(33)29-17-11-19(27)23(20(28)12-17)35-18-9-8-16(3)10-18/h11-12,16,18H,6-10,13-15H2,1-5H3,(H,29,33). The van der Waals surface area contributed by atoms with Crippen LogP contribution < -0.4 is 15.0 Å². The molecule has 4 rings (SSSR count). The van der Waals surface area contributed by atoms with E-state index in [1.165, 1.54) is 0 Å². The minimum atomic E-state index is -0.854. The van der Waals surface area contributed by atoms with Gasteiger partial charge in [-0.25, -0.2) is 8.78 Å². The van der Waals surface area contributed by atoms with Crippen molar-refractivity contribution in [1.82, 2.24) is 9.88 Å². The number of halogens is 2. The molecule has 2 heterocycles. The Bertz CT molecular complexity index is 1060. The predicted molar refractivity (Wildman–Crippen MR) is 132 cm³/mol. The van der Waals surface area contributed by atoms with Crippen molar-refractivity contribution in [3.8, 4) is 5.75 Å². The van der Waals surface area contributed by atoms with Gasteiger partial charge in [-0.15, -0.1) is 0 Å². The zero-order valence-electron chi connectivity index (χ0n) is 21.7. The van der Waals surface area contributed by atoms with Gasteiger partial charge >= 0.3 is 0 Å². The Labute approximate surface area is 210 Å². The highest BCUT2D eigenvalue weighted by atomic mass is 19.1. The fourth-order valence-corrected chi connectivity index (χ4v) is 4.76. The van der Waals surface area contributed by atoms with Crippen LogP contribution in [0.1, 0.15) is 62.7 Å². The molecule has 1 saturated heterocycles. The lowest BCUT2D eigenvalue weighted by Crippen LogP contribution is -2.62. The average Bonchev–Trinajstić information content (AvgIpc) is 3.42. The monoisotopic (exact) mass is 506 g/mol. The molecule has 0 spiro atoms. The number of nitrogens with one attached hydrogen (secondary N) is 1. The largest absolute Gasteiger partial charge is 0.484 e. The third kappa shape index (κ3) is 5.49. The Morgan fingerprint density at radius 1 is 1.28 bits per heavy atom. The topological polar surface area (TPSA) is 80.1 Å². The quantitative estimate of drug-likeness (QED) is 0.494. The van der Waals surface area contributed by atoms with Gasteiger partial charge in [0.25, 0.3) is 11.9 Å². The van der Waals surface area contributed by atoms with Crippen molar-refractivity contribution in [3.63, 3.8) is 0 Å². The number of ether oxygens (including phenoxy) is 2. The number of anilines is 2.